The summed E-state index contributed by atoms with van der Waals surface area (Å²) in [7, 11) is 1.72. The van der Waals surface area contributed by atoms with Gasteiger partial charge in [-0.15, -0.1) is 0 Å². The molecule has 0 spiro atoms. The topological polar surface area (TPSA) is 96.2 Å². The van der Waals surface area contributed by atoms with E-state index in [4.69, 9.17) is 0 Å². The Kier molecular flexibility index (Phi) is 7.06. The average molecular weight is 459 g/mol. The number of aromatic nitrogens is 4. The van der Waals surface area contributed by atoms with E-state index in [9.17, 15) is 18.7 Å². The number of aliphatic hydroxyl groups is 1. The molecule has 8 nitrogen and oxygen atoms in total. The van der Waals surface area contributed by atoms with Gasteiger partial charge < -0.3 is 15.3 Å². The molecule has 2 aromatic heterocycles. The number of aryl methyl sites for hydroxylation is 3. The van der Waals surface area contributed by atoms with E-state index in [1.807, 2.05) is 0 Å². The molecule has 2 atom stereocenters. The van der Waals surface area contributed by atoms with Crippen LogP contribution in [0, 0.1) is 18.6 Å². The van der Waals surface area contributed by atoms with Gasteiger partial charge in [-0.1, -0.05) is 19.6 Å². The van der Waals surface area contributed by atoms with Crippen LogP contribution in [0.4, 0.5) is 20.3 Å². The van der Waals surface area contributed by atoms with Crippen molar-refractivity contribution < 1.29 is 18.7 Å². The zero-order valence-electron chi connectivity index (χ0n) is 18.0. The fourth-order valence-corrected chi connectivity index (χ4v) is 3.90. The Bertz CT molecular complexity index is 1160. The summed E-state index contributed by atoms with van der Waals surface area (Å²) in [5, 5.41) is 17.0. The van der Waals surface area contributed by atoms with Crippen molar-refractivity contribution in [3.05, 3.63) is 64.9 Å². The minimum atomic E-state index is -0.881. The predicted octanol–water partition coefficient (Wildman–Crippen LogP) is 2.87. The smallest absolute Gasteiger partial charge is 0.249 e. The van der Waals surface area contributed by atoms with Crippen LogP contribution >= 0.6 is 0 Å². The van der Waals surface area contributed by atoms with Gasteiger partial charge in [-0.2, -0.15) is 5.10 Å². The van der Waals surface area contributed by atoms with Crippen LogP contribution in [0.5, 0.6) is 0 Å². The molecule has 4 rings (SSSR count). The number of halogens is 2. The molecule has 176 valence electrons. The van der Waals surface area contributed by atoms with Crippen molar-refractivity contribution in [2.24, 2.45) is 0 Å². The van der Waals surface area contributed by atoms with E-state index in [1.54, 1.807) is 42.9 Å². The Hall–Kier alpha value is -3.40. The first-order valence-electron chi connectivity index (χ1n) is 10.3. The number of aliphatic hydroxyl groups excluding tert-OH is 1. The molecule has 0 fully saturated rings. The lowest BCUT2D eigenvalue weighted by atomic mass is 10.1. The molecule has 1 aliphatic rings. The molecule has 0 saturated carbocycles. The highest BCUT2D eigenvalue weighted by atomic mass is 19.2. The molecule has 1 aliphatic heterocycles. The van der Waals surface area contributed by atoms with Crippen LogP contribution in [0.15, 0.2) is 30.6 Å². The van der Waals surface area contributed by atoms with E-state index in [1.165, 1.54) is 12.1 Å². The van der Waals surface area contributed by atoms with Crippen molar-refractivity contribution >= 4 is 17.4 Å². The van der Waals surface area contributed by atoms with E-state index < -0.39 is 23.8 Å². The highest BCUT2D eigenvalue weighted by Crippen LogP contribution is 2.32. The second kappa shape index (κ2) is 9.62. The Balaban J connectivity index is 0.00000306. The lowest BCUT2D eigenvalue weighted by Gasteiger charge is -2.36. The molecule has 0 bridgehead atoms. The number of carbonyl (C=O) groups excluding carboxylic acids is 1. The highest BCUT2D eigenvalue weighted by Gasteiger charge is 2.36. The molecule has 3 heterocycles. The van der Waals surface area contributed by atoms with Crippen molar-refractivity contribution in [1.29, 1.82) is 0 Å². The second-order valence-electron chi connectivity index (χ2n) is 7.97. The van der Waals surface area contributed by atoms with Crippen LogP contribution in [-0.4, -0.2) is 50.0 Å². The van der Waals surface area contributed by atoms with Gasteiger partial charge in [-0.3, -0.25) is 9.48 Å². The largest absolute Gasteiger partial charge is 0.391 e. The normalized spacial score (nSPS) is 16.1. The van der Waals surface area contributed by atoms with Crippen molar-refractivity contribution in [1.82, 2.24) is 19.7 Å². The predicted molar refractivity (Wildman–Crippen MR) is 121 cm³/mol. The van der Waals surface area contributed by atoms with Gasteiger partial charge in [0.15, 0.2) is 17.5 Å². The first-order valence-corrected chi connectivity index (χ1v) is 10.3. The van der Waals surface area contributed by atoms with E-state index in [-0.39, 0.29) is 25.4 Å². The minimum absolute atomic E-state index is 0. The third-order valence-electron chi connectivity index (χ3n) is 5.53. The van der Waals surface area contributed by atoms with E-state index in [2.05, 4.69) is 20.4 Å². The van der Waals surface area contributed by atoms with Crippen molar-refractivity contribution in [3.8, 4) is 0 Å². The maximum atomic E-state index is 13.9. The number of carbonyl (C=O) groups is 1. The van der Waals surface area contributed by atoms with Crippen LogP contribution in [0.3, 0.4) is 0 Å². The maximum Gasteiger partial charge on any atom is 0.249 e. The number of likely N-dealkylation sites (N-methyl/N-ethyl adjacent to an activating group) is 1. The van der Waals surface area contributed by atoms with Crippen LogP contribution in [0.25, 0.3) is 0 Å². The maximum absolute atomic E-state index is 13.9. The van der Waals surface area contributed by atoms with Crippen LogP contribution in [-0.2, 0) is 24.2 Å². The molecule has 33 heavy (non-hydrogen) atoms. The Labute approximate surface area is 191 Å². The highest BCUT2D eigenvalue weighted by molar-refractivity contribution is 6.03. The van der Waals surface area contributed by atoms with Gasteiger partial charge in [0, 0.05) is 25.2 Å². The Morgan fingerprint density at radius 1 is 1.24 bits per heavy atom. The monoisotopic (exact) mass is 458 g/mol. The van der Waals surface area contributed by atoms with Gasteiger partial charge in [0.2, 0.25) is 5.91 Å². The molecule has 0 radical (unpaired) electrons. The number of hydrogen-bond acceptors (Lipinski definition) is 6. The molecule has 0 unspecified atom stereocenters. The van der Waals surface area contributed by atoms with Gasteiger partial charge in [-0.25, -0.2) is 18.7 Å². The molecule has 3 aromatic rings. The number of rotatable bonds is 6. The van der Waals surface area contributed by atoms with Gasteiger partial charge in [-0.05, 0) is 31.9 Å². The Morgan fingerprint density at radius 3 is 2.73 bits per heavy atom. The molecular weight excluding hydrogens is 430 g/mol. The number of anilines is 2. The number of hydrogen-bond donors (Lipinski definition) is 2. The molecule has 1 aromatic carbocycles. The number of nitrogens with zero attached hydrogens (tertiary/aromatic N) is 5. The summed E-state index contributed by atoms with van der Waals surface area (Å²) in [6.45, 7) is 3.49. The van der Waals surface area contributed by atoms with Crippen LogP contribution in [0.2, 0.25) is 0 Å². The van der Waals surface area contributed by atoms with Crippen LogP contribution < -0.4 is 10.2 Å². The summed E-state index contributed by atoms with van der Waals surface area (Å²) in [4.78, 5) is 23.1. The van der Waals surface area contributed by atoms with Crippen molar-refractivity contribution in [2.45, 2.75) is 52.8 Å². The molecule has 10 heteroatoms. The molecule has 0 saturated heterocycles. The lowest BCUT2D eigenvalue weighted by molar-refractivity contribution is -0.119. The lowest BCUT2D eigenvalue weighted by Crippen LogP contribution is -2.52. The second-order valence-corrected chi connectivity index (χ2v) is 7.97. The zero-order valence-corrected chi connectivity index (χ0v) is 18.0. The number of amides is 1. The Morgan fingerprint density at radius 2 is 2.00 bits per heavy atom. The molecule has 1 amide bonds. The standard InChI is InChI=1S/C22H24F2N6O2.CH4/c1-12-19-21(29(3)20(13(2)31)22(32)28-19)27-17(26-12)8-7-14-9-25-30(10-14)11-15-5-4-6-16(23)18(15)24;/h4-6,9-10,13,20,31H,7-8,11H2,1-3H3,(H,28,32);1H4/t13-,20-;/m0./s1. The molecular formula is C23H28F2N6O2. The van der Waals surface area contributed by atoms with Crippen molar-refractivity contribution in [3.63, 3.8) is 0 Å². The molecule has 2 N–H and O–H groups in total. The van der Waals surface area contributed by atoms with E-state index >= 15 is 0 Å². The molecule has 0 aliphatic carbocycles. The first kappa shape index (κ1) is 24.2. The SMILES string of the molecule is C.Cc1nc(CCc2cnn(Cc3cccc(F)c3F)c2)nc2c1NC(=O)[C@H]([C@H](C)O)N2C. The first-order chi connectivity index (χ1) is 15.2. The summed E-state index contributed by atoms with van der Waals surface area (Å²) in [5.74, 6) is -0.882. The van der Waals surface area contributed by atoms with E-state index in [0.29, 0.717) is 35.9 Å². The van der Waals surface area contributed by atoms with Crippen molar-refractivity contribution in [2.75, 3.05) is 17.3 Å². The summed E-state index contributed by atoms with van der Waals surface area (Å²) in [5.41, 5.74) is 2.32. The summed E-state index contributed by atoms with van der Waals surface area (Å²) >= 11 is 0. The quantitative estimate of drug-likeness (QED) is 0.590. The third-order valence-corrected chi connectivity index (χ3v) is 5.53. The van der Waals surface area contributed by atoms with E-state index in [0.717, 1.165) is 11.6 Å². The van der Waals surface area contributed by atoms with Gasteiger partial charge >= 0.3 is 0 Å². The van der Waals surface area contributed by atoms with Gasteiger partial charge in [0.25, 0.3) is 0 Å². The van der Waals surface area contributed by atoms with Gasteiger partial charge in [0.05, 0.1) is 24.5 Å². The number of nitrogens with one attached hydrogen (secondary N) is 1. The number of benzene rings is 1. The number of fused-ring (bicyclic) bond motifs is 1. The third kappa shape index (κ3) is 4.85. The summed E-state index contributed by atoms with van der Waals surface area (Å²) < 4.78 is 28.9. The fraction of sp³-hybridized carbons (Fsp3) is 0.391. The minimum Gasteiger partial charge on any atom is -0.391 e. The van der Waals surface area contributed by atoms with Gasteiger partial charge in [0.1, 0.15) is 17.6 Å². The summed E-state index contributed by atoms with van der Waals surface area (Å²) in [6, 6.07) is 3.35. The van der Waals surface area contributed by atoms with Crippen LogP contribution in [0.1, 0.15) is 37.0 Å². The summed E-state index contributed by atoms with van der Waals surface area (Å²) in [6.07, 6.45) is 3.72. The average Bonchev–Trinajstić information content (AvgIpc) is 3.18. The fourth-order valence-electron chi connectivity index (χ4n) is 3.90. The zero-order chi connectivity index (χ0) is 23.0.